The van der Waals surface area contributed by atoms with Crippen molar-refractivity contribution in [3.8, 4) is 0 Å². The molecule has 82 valence electrons. The van der Waals surface area contributed by atoms with Crippen molar-refractivity contribution in [2.24, 2.45) is 0 Å². The maximum absolute atomic E-state index is 11.7. The zero-order valence-corrected chi connectivity index (χ0v) is 10.9. The van der Waals surface area contributed by atoms with Crippen LogP contribution >= 0.6 is 34.7 Å². The van der Waals surface area contributed by atoms with Crippen molar-refractivity contribution in [2.75, 3.05) is 12.8 Å². The fourth-order valence-corrected chi connectivity index (χ4v) is 2.38. The van der Waals surface area contributed by atoms with E-state index >= 15 is 0 Å². The van der Waals surface area contributed by atoms with Gasteiger partial charge in [-0.15, -0.1) is 23.1 Å². The first-order valence-corrected chi connectivity index (χ1v) is 6.93. The van der Waals surface area contributed by atoms with Gasteiger partial charge in [0, 0.05) is 23.6 Å². The highest BCUT2D eigenvalue weighted by Crippen LogP contribution is 2.21. The summed E-state index contributed by atoms with van der Waals surface area (Å²) in [5, 5.41) is 5.76. The number of carbonyl (C=O) groups is 1. The third-order valence-corrected chi connectivity index (χ3v) is 3.48. The van der Waals surface area contributed by atoms with E-state index < -0.39 is 0 Å². The van der Waals surface area contributed by atoms with Crippen LogP contribution in [-0.4, -0.2) is 18.6 Å². The Balaban J connectivity index is 2.76. The highest BCUT2D eigenvalue weighted by molar-refractivity contribution is 8.02. The molecule has 0 radical (unpaired) electrons. The number of thiophene rings is 1. The Labute approximate surface area is 103 Å². The average molecular weight is 262 g/mol. The second kappa shape index (κ2) is 6.20. The van der Waals surface area contributed by atoms with Crippen molar-refractivity contribution in [1.29, 1.82) is 0 Å². The molecule has 1 aromatic heterocycles. The molecule has 2 nitrogen and oxygen atoms in total. The second-order valence-corrected chi connectivity index (χ2v) is 5.14. The van der Waals surface area contributed by atoms with Gasteiger partial charge < -0.3 is 5.32 Å². The van der Waals surface area contributed by atoms with Crippen LogP contribution in [0, 0.1) is 0 Å². The fourth-order valence-electron chi connectivity index (χ4n) is 0.998. The van der Waals surface area contributed by atoms with E-state index in [0.29, 0.717) is 9.90 Å². The number of carbonyl (C=O) groups excluding carboxylic acids is 1. The molecule has 1 heterocycles. The van der Waals surface area contributed by atoms with Crippen molar-refractivity contribution in [3.05, 3.63) is 32.5 Å². The third kappa shape index (κ3) is 3.89. The van der Waals surface area contributed by atoms with E-state index in [-0.39, 0.29) is 5.78 Å². The summed E-state index contributed by atoms with van der Waals surface area (Å²) in [5.41, 5.74) is 0.648. The Bertz CT molecular complexity index is 373. The van der Waals surface area contributed by atoms with Crippen LogP contribution in [0.3, 0.4) is 0 Å². The van der Waals surface area contributed by atoms with Crippen molar-refractivity contribution >= 4 is 40.5 Å². The van der Waals surface area contributed by atoms with Gasteiger partial charge in [0.05, 0.1) is 9.37 Å². The molecule has 0 atom stereocenters. The predicted octanol–water partition coefficient (Wildman–Crippen LogP) is 3.40. The molecule has 1 rings (SSSR count). The summed E-state index contributed by atoms with van der Waals surface area (Å²) in [5.74, 6) is -0.0107. The summed E-state index contributed by atoms with van der Waals surface area (Å²) in [7, 11) is 0. The number of nitrogens with one attached hydrogen (secondary N) is 1. The van der Waals surface area contributed by atoms with E-state index in [1.54, 1.807) is 17.5 Å². The minimum absolute atomic E-state index is 0.0107. The molecule has 0 saturated heterocycles. The lowest BCUT2D eigenvalue weighted by Gasteiger charge is -2.03. The van der Waals surface area contributed by atoms with Gasteiger partial charge in [-0.2, -0.15) is 0 Å². The van der Waals surface area contributed by atoms with Gasteiger partial charge in [0.1, 0.15) is 0 Å². The van der Waals surface area contributed by atoms with Gasteiger partial charge in [0.2, 0.25) is 0 Å². The molecule has 1 N–H and O–H groups in total. The van der Waals surface area contributed by atoms with Gasteiger partial charge in [0.25, 0.3) is 0 Å². The lowest BCUT2D eigenvalue weighted by molar-refractivity contribution is 0.104. The number of ketones is 1. The molecule has 0 spiro atoms. The topological polar surface area (TPSA) is 29.1 Å². The average Bonchev–Trinajstić information content (AvgIpc) is 2.64. The molecular formula is C10H12ClNOS2. The first kappa shape index (κ1) is 12.6. The van der Waals surface area contributed by atoms with Crippen LogP contribution in [0.4, 0.5) is 0 Å². The van der Waals surface area contributed by atoms with E-state index in [1.807, 2.05) is 13.2 Å². The minimum atomic E-state index is -0.0107. The lowest BCUT2D eigenvalue weighted by atomic mass is 10.2. The second-order valence-electron chi connectivity index (χ2n) is 2.75. The summed E-state index contributed by atoms with van der Waals surface area (Å²) in [6.45, 7) is 2.81. The Morgan fingerprint density at radius 3 is 2.93 bits per heavy atom. The van der Waals surface area contributed by atoms with Gasteiger partial charge in [0.15, 0.2) is 5.78 Å². The van der Waals surface area contributed by atoms with Crippen LogP contribution in [0.2, 0.25) is 4.34 Å². The number of hydrogen-bond donors (Lipinski definition) is 1. The Kier molecular flexibility index (Phi) is 5.22. The molecule has 1 aromatic rings. The number of allylic oxidation sites excluding steroid dienone is 1. The normalized spacial score (nSPS) is 11.5. The molecule has 5 heteroatoms. The van der Waals surface area contributed by atoms with Crippen LogP contribution in [-0.2, 0) is 0 Å². The van der Waals surface area contributed by atoms with E-state index in [4.69, 9.17) is 11.6 Å². The number of thioether (sulfide) groups is 1. The number of halogens is 1. The highest BCUT2D eigenvalue weighted by Gasteiger charge is 2.06. The van der Waals surface area contributed by atoms with Gasteiger partial charge in [-0.1, -0.05) is 11.6 Å². The third-order valence-electron chi connectivity index (χ3n) is 1.69. The summed E-state index contributed by atoms with van der Waals surface area (Å²) < 4.78 is 0.640. The quantitative estimate of drug-likeness (QED) is 0.651. The van der Waals surface area contributed by atoms with Crippen molar-refractivity contribution < 1.29 is 4.79 Å². The van der Waals surface area contributed by atoms with Gasteiger partial charge in [-0.05, 0) is 19.2 Å². The zero-order valence-electron chi connectivity index (χ0n) is 8.54. The van der Waals surface area contributed by atoms with E-state index in [2.05, 4.69) is 5.32 Å². The molecule has 0 aliphatic rings. The van der Waals surface area contributed by atoms with Gasteiger partial charge >= 0.3 is 0 Å². The van der Waals surface area contributed by atoms with Crippen molar-refractivity contribution in [2.45, 2.75) is 6.92 Å². The summed E-state index contributed by atoms with van der Waals surface area (Å²) >= 11 is 8.65. The predicted molar refractivity (Wildman–Crippen MR) is 68.9 cm³/mol. The smallest absolute Gasteiger partial charge is 0.189 e. The molecule has 0 unspecified atom stereocenters. The molecule has 0 aliphatic carbocycles. The molecule has 0 amide bonds. The first-order chi connectivity index (χ1) is 7.17. The van der Waals surface area contributed by atoms with E-state index in [9.17, 15) is 4.79 Å². The van der Waals surface area contributed by atoms with Crippen LogP contribution in [0.25, 0.3) is 0 Å². The Morgan fingerprint density at radius 2 is 2.47 bits per heavy atom. The molecule has 0 fully saturated rings. The first-order valence-electron chi connectivity index (χ1n) is 4.45. The fraction of sp³-hybridized carbons (Fsp3) is 0.300. The molecule has 0 bridgehead atoms. The van der Waals surface area contributed by atoms with Crippen molar-refractivity contribution in [1.82, 2.24) is 5.32 Å². The minimum Gasteiger partial charge on any atom is -0.380 e. The summed E-state index contributed by atoms with van der Waals surface area (Å²) in [6.07, 6.45) is 3.54. The monoisotopic (exact) mass is 261 g/mol. The molecule has 0 saturated carbocycles. The Morgan fingerprint density at radius 1 is 1.73 bits per heavy atom. The lowest BCUT2D eigenvalue weighted by Crippen LogP contribution is -2.11. The maximum atomic E-state index is 11.7. The Hall–Kier alpha value is -0.450. The SMILES string of the molecule is CCN/C(=C\C(=O)c1csc(Cl)c1)SC. The van der Waals surface area contributed by atoms with Crippen LogP contribution in [0.15, 0.2) is 22.6 Å². The summed E-state index contributed by atoms with van der Waals surface area (Å²) in [4.78, 5) is 11.7. The van der Waals surface area contributed by atoms with Gasteiger partial charge in [-0.25, -0.2) is 0 Å². The molecular weight excluding hydrogens is 250 g/mol. The number of rotatable bonds is 5. The van der Waals surface area contributed by atoms with Gasteiger partial charge in [-0.3, -0.25) is 4.79 Å². The molecule has 15 heavy (non-hydrogen) atoms. The molecule has 0 aliphatic heterocycles. The van der Waals surface area contributed by atoms with Crippen LogP contribution < -0.4 is 5.32 Å². The van der Waals surface area contributed by atoms with Crippen molar-refractivity contribution in [3.63, 3.8) is 0 Å². The standard InChI is InChI=1S/C10H12ClNOS2/c1-3-12-10(14-2)5-8(13)7-4-9(11)15-6-7/h4-6,12H,3H2,1-2H3/b10-5+. The largest absolute Gasteiger partial charge is 0.380 e. The van der Waals surface area contributed by atoms with Crippen LogP contribution in [0.1, 0.15) is 17.3 Å². The van der Waals surface area contributed by atoms with E-state index in [0.717, 1.165) is 11.6 Å². The van der Waals surface area contributed by atoms with Crippen LogP contribution in [0.5, 0.6) is 0 Å². The van der Waals surface area contributed by atoms with E-state index in [1.165, 1.54) is 23.1 Å². The number of hydrogen-bond acceptors (Lipinski definition) is 4. The summed E-state index contributed by atoms with van der Waals surface area (Å²) in [6, 6.07) is 1.69. The highest BCUT2D eigenvalue weighted by atomic mass is 35.5. The molecule has 0 aromatic carbocycles. The zero-order chi connectivity index (χ0) is 11.3. The maximum Gasteiger partial charge on any atom is 0.189 e.